The number of methoxy groups -OCH3 is 1. The standard InChI is InChI=1S/C25H40N2O2/c1-19(2)20(3)27(17-24(28)18-29-7)16-23-9-8-14-26(23)15-21-10-12-22(13-11-21)25(4,5)6/h8-14,19-20,24,28H,15-18H2,1-7H3. The van der Waals surface area contributed by atoms with Crippen LogP contribution in [0.4, 0.5) is 0 Å². The second kappa shape index (κ2) is 10.4. The molecule has 2 rings (SSSR count). The molecule has 0 spiro atoms. The lowest BCUT2D eigenvalue weighted by molar-refractivity contribution is 0.0191. The van der Waals surface area contributed by atoms with Crippen molar-refractivity contribution < 1.29 is 9.84 Å². The van der Waals surface area contributed by atoms with E-state index < -0.39 is 6.10 Å². The zero-order valence-corrected chi connectivity index (χ0v) is 19.4. The van der Waals surface area contributed by atoms with Gasteiger partial charge < -0.3 is 14.4 Å². The lowest BCUT2D eigenvalue weighted by Gasteiger charge is -2.33. The third-order valence-electron chi connectivity index (χ3n) is 5.81. The van der Waals surface area contributed by atoms with Crippen molar-refractivity contribution in [3.05, 3.63) is 59.4 Å². The summed E-state index contributed by atoms with van der Waals surface area (Å²) in [6.07, 6.45) is 1.67. The predicted octanol–water partition coefficient (Wildman–Crippen LogP) is 4.69. The molecule has 1 heterocycles. The Kier molecular flexibility index (Phi) is 8.50. The van der Waals surface area contributed by atoms with E-state index in [1.165, 1.54) is 16.8 Å². The summed E-state index contributed by atoms with van der Waals surface area (Å²) >= 11 is 0. The van der Waals surface area contributed by atoms with Crippen LogP contribution in [0.15, 0.2) is 42.6 Å². The first-order chi connectivity index (χ1) is 13.6. The molecule has 2 atom stereocenters. The van der Waals surface area contributed by atoms with Crippen molar-refractivity contribution in [2.75, 3.05) is 20.3 Å². The summed E-state index contributed by atoms with van der Waals surface area (Å²) in [5, 5.41) is 10.3. The molecule has 4 heteroatoms. The van der Waals surface area contributed by atoms with Crippen molar-refractivity contribution in [2.24, 2.45) is 5.92 Å². The van der Waals surface area contributed by atoms with Crippen LogP contribution in [0.25, 0.3) is 0 Å². The van der Waals surface area contributed by atoms with Gasteiger partial charge in [-0.1, -0.05) is 58.9 Å². The van der Waals surface area contributed by atoms with E-state index in [1.807, 2.05) is 0 Å². The topological polar surface area (TPSA) is 37.6 Å². The third-order valence-corrected chi connectivity index (χ3v) is 5.81. The van der Waals surface area contributed by atoms with Gasteiger partial charge in [0.25, 0.3) is 0 Å². The molecule has 2 unspecified atom stereocenters. The van der Waals surface area contributed by atoms with E-state index in [1.54, 1.807) is 7.11 Å². The summed E-state index contributed by atoms with van der Waals surface area (Å²) in [5.74, 6) is 0.512. The summed E-state index contributed by atoms with van der Waals surface area (Å²) in [6, 6.07) is 13.6. The normalized spacial score (nSPS) is 14.6. The number of hydrogen-bond acceptors (Lipinski definition) is 3. The Morgan fingerprint density at radius 3 is 2.28 bits per heavy atom. The first-order valence-electron chi connectivity index (χ1n) is 10.8. The molecule has 0 fully saturated rings. The van der Waals surface area contributed by atoms with E-state index in [4.69, 9.17) is 4.74 Å². The summed E-state index contributed by atoms with van der Waals surface area (Å²) in [5.41, 5.74) is 4.10. The van der Waals surface area contributed by atoms with Crippen LogP contribution in [0.1, 0.15) is 58.4 Å². The Morgan fingerprint density at radius 2 is 1.72 bits per heavy atom. The lowest BCUT2D eigenvalue weighted by atomic mass is 9.87. The number of ether oxygens (including phenoxy) is 1. The second-order valence-electron chi connectivity index (χ2n) is 9.60. The molecule has 0 aliphatic rings. The molecule has 0 aliphatic carbocycles. The van der Waals surface area contributed by atoms with Crippen LogP contribution >= 0.6 is 0 Å². The van der Waals surface area contributed by atoms with Crippen LogP contribution < -0.4 is 0 Å². The molecule has 29 heavy (non-hydrogen) atoms. The third kappa shape index (κ3) is 6.98. The summed E-state index contributed by atoms with van der Waals surface area (Å²) in [6.45, 7) is 16.1. The van der Waals surface area contributed by atoms with Gasteiger partial charge >= 0.3 is 0 Å². The smallest absolute Gasteiger partial charge is 0.0900 e. The van der Waals surface area contributed by atoms with E-state index in [9.17, 15) is 5.11 Å². The molecule has 162 valence electrons. The highest BCUT2D eigenvalue weighted by molar-refractivity contribution is 5.28. The van der Waals surface area contributed by atoms with Gasteiger partial charge in [-0.3, -0.25) is 4.90 Å². The van der Waals surface area contributed by atoms with Gasteiger partial charge in [-0.2, -0.15) is 0 Å². The second-order valence-corrected chi connectivity index (χ2v) is 9.60. The molecule has 0 saturated heterocycles. The number of nitrogens with zero attached hydrogens (tertiary/aromatic N) is 2. The zero-order chi connectivity index (χ0) is 21.6. The molecule has 0 aliphatic heterocycles. The fourth-order valence-electron chi connectivity index (χ4n) is 3.57. The van der Waals surface area contributed by atoms with Crippen LogP contribution in [0.2, 0.25) is 0 Å². The minimum Gasteiger partial charge on any atom is -0.389 e. The Hall–Kier alpha value is -1.62. The fourth-order valence-corrected chi connectivity index (χ4v) is 3.57. The largest absolute Gasteiger partial charge is 0.389 e. The highest BCUT2D eigenvalue weighted by atomic mass is 16.5. The average Bonchev–Trinajstić information content (AvgIpc) is 3.07. The van der Waals surface area contributed by atoms with E-state index >= 15 is 0 Å². The molecular formula is C25H40N2O2. The quantitative estimate of drug-likeness (QED) is 0.629. The maximum Gasteiger partial charge on any atom is 0.0900 e. The molecular weight excluding hydrogens is 360 g/mol. The van der Waals surface area contributed by atoms with Crippen molar-refractivity contribution in [1.82, 2.24) is 9.47 Å². The monoisotopic (exact) mass is 400 g/mol. The summed E-state index contributed by atoms with van der Waals surface area (Å²) in [4.78, 5) is 2.36. The maximum atomic E-state index is 10.3. The van der Waals surface area contributed by atoms with Crippen molar-refractivity contribution in [3.8, 4) is 0 Å². The van der Waals surface area contributed by atoms with E-state index in [-0.39, 0.29) is 5.41 Å². The Labute approximate surface area is 177 Å². The minimum atomic E-state index is -0.477. The van der Waals surface area contributed by atoms with Gasteiger partial charge in [0.1, 0.15) is 0 Å². The van der Waals surface area contributed by atoms with E-state index in [2.05, 4.69) is 93.6 Å². The average molecular weight is 401 g/mol. The van der Waals surface area contributed by atoms with Crippen LogP contribution in [0.3, 0.4) is 0 Å². The molecule has 0 bridgehead atoms. The lowest BCUT2D eigenvalue weighted by Crippen LogP contribution is -2.42. The molecule has 0 amide bonds. The zero-order valence-electron chi connectivity index (χ0n) is 19.4. The fraction of sp³-hybridized carbons (Fsp3) is 0.600. The number of aromatic nitrogens is 1. The highest BCUT2D eigenvalue weighted by Gasteiger charge is 2.21. The number of aliphatic hydroxyl groups excluding tert-OH is 1. The number of hydrogen-bond donors (Lipinski definition) is 1. The Balaban J connectivity index is 2.14. The van der Waals surface area contributed by atoms with Crippen molar-refractivity contribution in [2.45, 2.75) is 72.2 Å². The minimum absolute atomic E-state index is 0.174. The van der Waals surface area contributed by atoms with Crippen molar-refractivity contribution >= 4 is 0 Å². The Bertz CT molecular complexity index is 728. The first kappa shape index (κ1) is 23.7. The van der Waals surface area contributed by atoms with Crippen LogP contribution in [0.5, 0.6) is 0 Å². The van der Waals surface area contributed by atoms with E-state index in [0.29, 0.717) is 25.1 Å². The molecule has 0 radical (unpaired) electrons. The molecule has 1 N–H and O–H groups in total. The van der Waals surface area contributed by atoms with Crippen LogP contribution in [-0.2, 0) is 23.2 Å². The Morgan fingerprint density at radius 1 is 1.07 bits per heavy atom. The molecule has 1 aromatic carbocycles. The van der Waals surface area contributed by atoms with Crippen molar-refractivity contribution in [1.29, 1.82) is 0 Å². The maximum absolute atomic E-state index is 10.3. The highest BCUT2D eigenvalue weighted by Crippen LogP contribution is 2.23. The molecule has 1 aromatic heterocycles. The number of aliphatic hydroxyl groups is 1. The predicted molar refractivity (Wildman–Crippen MR) is 121 cm³/mol. The van der Waals surface area contributed by atoms with Crippen molar-refractivity contribution in [3.63, 3.8) is 0 Å². The SMILES string of the molecule is COCC(O)CN(Cc1cccn1Cc1ccc(C(C)(C)C)cc1)C(C)C(C)C. The summed E-state index contributed by atoms with van der Waals surface area (Å²) < 4.78 is 7.45. The molecule has 2 aromatic rings. The van der Waals surface area contributed by atoms with Gasteiger partial charge in [-0.05, 0) is 41.5 Å². The van der Waals surface area contributed by atoms with Gasteiger partial charge in [-0.15, -0.1) is 0 Å². The van der Waals surface area contributed by atoms with Gasteiger partial charge in [0.2, 0.25) is 0 Å². The van der Waals surface area contributed by atoms with Gasteiger partial charge in [0.15, 0.2) is 0 Å². The first-order valence-corrected chi connectivity index (χ1v) is 10.8. The van der Waals surface area contributed by atoms with Gasteiger partial charge in [0.05, 0.1) is 12.7 Å². The molecule has 4 nitrogen and oxygen atoms in total. The molecule has 0 saturated carbocycles. The summed E-state index contributed by atoms with van der Waals surface area (Å²) in [7, 11) is 1.63. The van der Waals surface area contributed by atoms with E-state index in [0.717, 1.165) is 13.1 Å². The van der Waals surface area contributed by atoms with Crippen LogP contribution in [-0.4, -0.2) is 47.0 Å². The number of benzene rings is 1. The van der Waals surface area contributed by atoms with Crippen LogP contribution in [0, 0.1) is 5.92 Å². The number of rotatable bonds is 10. The van der Waals surface area contributed by atoms with Gasteiger partial charge in [-0.25, -0.2) is 0 Å². The van der Waals surface area contributed by atoms with Gasteiger partial charge in [0, 0.05) is 44.7 Å².